The lowest BCUT2D eigenvalue weighted by Gasteiger charge is -2.34. The van der Waals surface area contributed by atoms with E-state index in [-0.39, 0.29) is 18.4 Å². The minimum Gasteiger partial charge on any atom is -0.344 e. The second-order valence-corrected chi connectivity index (χ2v) is 8.72. The minimum atomic E-state index is -0.780. The Morgan fingerprint density at radius 3 is 2.44 bits per heavy atom. The lowest BCUT2D eigenvalue weighted by Crippen LogP contribution is -2.58. The van der Waals surface area contributed by atoms with Crippen molar-refractivity contribution in [3.05, 3.63) is 0 Å². The Morgan fingerprint density at radius 2 is 1.89 bits per heavy atom. The van der Waals surface area contributed by atoms with Gasteiger partial charge in [-0.2, -0.15) is 0 Å². The second kappa shape index (κ2) is 8.71. The number of aldehydes is 1. The van der Waals surface area contributed by atoms with E-state index in [1.807, 2.05) is 20.8 Å². The predicted molar refractivity (Wildman–Crippen MR) is 101 cm³/mol. The van der Waals surface area contributed by atoms with Gasteiger partial charge in [0.1, 0.15) is 12.3 Å². The predicted octanol–water partition coefficient (Wildman–Crippen LogP) is 0.759. The van der Waals surface area contributed by atoms with Gasteiger partial charge in [0.05, 0.1) is 12.6 Å². The van der Waals surface area contributed by atoms with Crippen LogP contribution in [0.25, 0.3) is 0 Å². The average Bonchev–Trinajstić information content (AvgIpc) is 3.28. The molecule has 1 heterocycles. The highest BCUT2D eigenvalue weighted by atomic mass is 16.2. The van der Waals surface area contributed by atoms with Crippen molar-refractivity contribution in [2.45, 2.75) is 58.5 Å². The van der Waals surface area contributed by atoms with Gasteiger partial charge in [-0.25, -0.2) is 4.79 Å². The van der Waals surface area contributed by atoms with E-state index in [9.17, 15) is 19.2 Å². The van der Waals surface area contributed by atoms with Crippen molar-refractivity contribution in [1.82, 2.24) is 20.4 Å². The van der Waals surface area contributed by atoms with Crippen molar-refractivity contribution < 1.29 is 19.2 Å². The maximum Gasteiger partial charge on any atom is 0.315 e. The van der Waals surface area contributed by atoms with E-state index in [2.05, 4.69) is 10.6 Å². The van der Waals surface area contributed by atoms with Gasteiger partial charge in [-0.3, -0.25) is 9.59 Å². The van der Waals surface area contributed by atoms with Gasteiger partial charge in [-0.15, -0.1) is 0 Å². The molecule has 2 unspecified atom stereocenters. The number of carbonyl (C=O) groups excluding carboxylic acids is 4. The minimum absolute atomic E-state index is 0.110. The number of nitrogens with one attached hydrogen (secondary N) is 2. The molecule has 8 heteroatoms. The summed E-state index contributed by atoms with van der Waals surface area (Å²) in [7, 11) is 1.73. The van der Waals surface area contributed by atoms with Crippen LogP contribution in [0.4, 0.5) is 4.79 Å². The van der Waals surface area contributed by atoms with Crippen LogP contribution in [0.5, 0.6) is 0 Å². The lowest BCUT2D eigenvalue weighted by atomic mass is 9.85. The first-order valence-corrected chi connectivity index (χ1v) is 9.67. The van der Waals surface area contributed by atoms with Gasteiger partial charge in [-0.1, -0.05) is 20.8 Å². The maximum atomic E-state index is 12.9. The van der Waals surface area contributed by atoms with E-state index >= 15 is 0 Å². The number of carbonyl (C=O) groups is 4. The maximum absolute atomic E-state index is 12.9. The molecule has 0 radical (unpaired) electrons. The highest BCUT2D eigenvalue weighted by Gasteiger charge is 2.39. The number of likely N-dealkylation sites (tertiary alicyclic amines) is 1. The van der Waals surface area contributed by atoms with Gasteiger partial charge in [0, 0.05) is 20.1 Å². The summed E-state index contributed by atoms with van der Waals surface area (Å²) in [5.41, 5.74) is -0.531. The van der Waals surface area contributed by atoms with E-state index in [0.717, 1.165) is 25.5 Å². The number of nitrogens with zero attached hydrogens (tertiary/aromatic N) is 2. The van der Waals surface area contributed by atoms with E-state index in [1.165, 1.54) is 4.90 Å². The van der Waals surface area contributed by atoms with Crippen LogP contribution >= 0.6 is 0 Å². The van der Waals surface area contributed by atoms with Crippen LogP contribution in [0.1, 0.15) is 46.5 Å². The summed E-state index contributed by atoms with van der Waals surface area (Å²) in [5.74, 6) is 0.169. The first kappa shape index (κ1) is 21.2. The molecule has 2 N–H and O–H groups in total. The third-order valence-electron chi connectivity index (χ3n) is 5.18. The standard InChI is InChI=1S/C19H32N4O4/c1-19(2,3)16(17(26)23-9-5-6-14(23)12-24)21-18(27)20-10-15(25)22(4)11-13-7-8-13/h12-14,16H,5-11H2,1-4H3,(H2,20,21,27). The van der Waals surface area contributed by atoms with Crippen LogP contribution in [0.15, 0.2) is 0 Å². The fourth-order valence-electron chi connectivity index (χ4n) is 3.28. The Kier molecular flexibility index (Phi) is 6.84. The molecule has 1 aliphatic carbocycles. The Hall–Kier alpha value is -2.12. The summed E-state index contributed by atoms with van der Waals surface area (Å²) in [4.78, 5) is 51.7. The Morgan fingerprint density at radius 1 is 1.22 bits per heavy atom. The van der Waals surface area contributed by atoms with Gasteiger partial charge >= 0.3 is 6.03 Å². The summed E-state index contributed by atoms with van der Waals surface area (Å²) in [5, 5.41) is 5.25. The number of likely N-dealkylation sites (N-methyl/N-ethyl adjacent to an activating group) is 1. The van der Waals surface area contributed by atoms with Crippen LogP contribution in [-0.4, -0.2) is 72.7 Å². The van der Waals surface area contributed by atoms with E-state index in [4.69, 9.17) is 0 Å². The van der Waals surface area contributed by atoms with Crippen molar-refractivity contribution >= 4 is 24.1 Å². The van der Waals surface area contributed by atoms with E-state index in [1.54, 1.807) is 11.9 Å². The molecule has 2 fully saturated rings. The Balaban J connectivity index is 1.90. The molecule has 2 atom stereocenters. The summed E-state index contributed by atoms with van der Waals surface area (Å²) >= 11 is 0. The molecule has 0 spiro atoms. The molecule has 152 valence electrons. The molecule has 8 nitrogen and oxygen atoms in total. The molecule has 1 aliphatic heterocycles. The number of hydrogen-bond acceptors (Lipinski definition) is 4. The summed E-state index contributed by atoms with van der Waals surface area (Å²) in [6.07, 6.45) is 4.53. The third-order valence-corrected chi connectivity index (χ3v) is 5.18. The molecule has 0 aromatic heterocycles. The largest absolute Gasteiger partial charge is 0.344 e. The fraction of sp³-hybridized carbons (Fsp3) is 0.789. The van der Waals surface area contributed by atoms with Crippen molar-refractivity contribution in [3.63, 3.8) is 0 Å². The lowest BCUT2D eigenvalue weighted by molar-refractivity contribution is -0.138. The zero-order chi connectivity index (χ0) is 20.2. The van der Waals surface area contributed by atoms with E-state index < -0.39 is 23.5 Å². The molecule has 27 heavy (non-hydrogen) atoms. The molecule has 2 aliphatic rings. The van der Waals surface area contributed by atoms with Crippen LogP contribution < -0.4 is 10.6 Å². The van der Waals surface area contributed by atoms with Crippen molar-refractivity contribution in [2.75, 3.05) is 26.7 Å². The monoisotopic (exact) mass is 380 g/mol. The van der Waals surface area contributed by atoms with Gasteiger partial charge in [0.2, 0.25) is 11.8 Å². The Bertz CT molecular complexity index is 583. The third kappa shape index (κ3) is 5.94. The molecule has 4 amide bonds. The molecule has 0 aromatic rings. The van der Waals surface area contributed by atoms with Crippen molar-refractivity contribution in [2.24, 2.45) is 11.3 Å². The van der Waals surface area contributed by atoms with Crippen molar-refractivity contribution in [1.29, 1.82) is 0 Å². The van der Waals surface area contributed by atoms with Gasteiger partial charge in [0.15, 0.2) is 0 Å². The molecular formula is C19H32N4O4. The molecular weight excluding hydrogens is 348 g/mol. The molecule has 1 saturated heterocycles. The highest BCUT2D eigenvalue weighted by Crippen LogP contribution is 2.29. The first-order valence-electron chi connectivity index (χ1n) is 9.67. The average molecular weight is 380 g/mol. The van der Waals surface area contributed by atoms with Crippen LogP contribution in [0, 0.1) is 11.3 Å². The normalized spacial score (nSPS) is 20.7. The quantitative estimate of drug-likeness (QED) is 0.637. The summed E-state index contributed by atoms with van der Waals surface area (Å²) in [6, 6.07) is -1.76. The zero-order valence-corrected chi connectivity index (χ0v) is 16.8. The zero-order valence-electron chi connectivity index (χ0n) is 16.8. The number of urea groups is 1. The summed E-state index contributed by atoms with van der Waals surface area (Å²) in [6.45, 7) is 6.69. The number of amides is 4. The fourth-order valence-corrected chi connectivity index (χ4v) is 3.28. The molecule has 0 aromatic carbocycles. The smallest absolute Gasteiger partial charge is 0.315 e. The van der Waals surface area contributed by atoms with E-state index in [0.29, 0.717) is 25.4 Å². The molecule has 0 bridgehead atoms. The highest BCUT2D eigenvalue weighted by molar-refractivity contribution is 5.90. The van der Waals surface area contributed by atoms with Crippen LogP contribution in [0.3, 0.4) is 0 Å². The second-order valence-electron chi connectivity index (χ2n) is 8.72. The topological polar surface area (TPSA) is 98.8 Å². The summed E-state index contributed by atoms with van der Waals surface area (Å²) < 4.78 is 0. The van der Waals surface area contributed by atoms with Gasteiger partial charge < -0.3 is 25.2 Å². The Labute approximate surface area is 161 Å². The number of hydrogen-bond donors (Lipinski definition) is 2. The first-order chi connectivity index (χ1) is 12.6. The van der Waals surface area contributed by atoms with Crippen molar-refractivity contribution in [3.8, 4) is 0 Å². The van der Waals surface area contributed by atoms with Crippen LogP contribution in [0.2, 0.25) is 0 Å². The van der Waals surface area contributed by atoms with Gasteiger partial charge in [0.25, 0.3) is 0 Å². The van der Waals surface area contributed by atoms with Gasteiger partial charge in [-0.05, 0) is 37.0 Å². The molecule has 2 rings (SSSR count). The van der Waals surface area contributed by atoms with Crippen LogP contribution in [-0.2, 0) is 14.4 Å². The number of rotatable bonds is 7. The SMILES string of the molecule is CN(CC1CC1)C(=O)CNC(=O)NC(C(=O)N1CCCC1C=O)C(C)(C)C. The molecule has 1 saturated carbocycles.